The van der Waals surface area contributed by atoms with Gasteiger partial charge in [-0.25, -0.2) is 4.79 Å². The van der Waals surface area contributed by atoms with Crippen molar-refractivity contribution in [3.8, 4) is 0 Å². The number of nitrogens with one attached hydrogen (secondary N) is 1. The maximum absolute atomic E-state index is 13.7. The van der Waals surface area contributed by atoms with Crippen molar-refractivity contribution in [2.45, 2.75) is 62.9 Å². The van der Waals surface area contributed by atoms with Crippen LogP contribution in [0.15, 0.2) is 48.8 Å². The van der Waals surface area contributed by atoms with E-state index in [1.54, 1.807) is 23.4 Å². The van der Waals surface area contributed by atoms with Crippen LogP contribution in [-0.4, -0.2) is 70.9 Å². The second-order valence-electron chi connectivity index (χ2n) is 11.3. The van der Waals surface area contributed by atoms with E-state index >= 15 is 0 Å². The molecule has 5 rings (SSSR count). The highest BCUT2D eigenvalue weighted by Gasteiger charge is 2.55. The molecular formula is C29H39N5O2. The third-order valence-electron chi connectivity index (χ3n) is 9.03. The molecule has 2 aromatic rings. The summed E-state index contributed by atoms with van der Waals surface area (Å²) >= 11 is 0. The lowest BCUT2D eigenvalue weighted by Crippen LogP contribution is -2.56. The van der Waals surface area contributed by atoms with Gasteiger partial charge in [-0.1, -0.05) is 36.8 Å². The second-order valence-corrected chi connectivity index (χ2v) is 11.3. The van der Waals surface area contributed by atoms with Gasteiger partial charge in [0.1, 0.15) is 6.54 Å². The number of hydrogen-bond donors (Lipinski definition) is 1. The molecule has 1 aromatic carbocycles. The van der Waals surface area contributed by atoms with Crippen LogP contribution in [0.3, 0.4) is 0 Å². The molecule has 1 aromatic heterocycles. The number of urea groups is 1. The summed E-state index contributed by atoms with van der Waals surface area (Å²) in [7, 11) is 4.35. The Balaban J connectivity index is 1.35. The number of rotatable bonds is 7. The third kappa shape index (κ3) is 4.49. The number of carbonyl (C=O) groups excluding carboxylic acids is 2. The summed E-state index contributed by atoms with van der Waals surface area (Å²) in [6.07, 6.45) is 10.9. The summed E-state index contributed by atoms with van der Waals surface area (Å²) in [6.45, 7) is 3.45. The van der Waals surface area contributed by atoms with Gasteiger partial charge in [0.25, 0.3) is 0 Å². The molecule has 7 nitrogen and oxygen atoms in total. The summed E-state index contributed by atoms with van der Waals surface area (Å²) in [5.41, 5.74) is 2.78. The number of anilines is 1. The van der Waals surface area contributed by atoms with Gasteiger partial charge >= 0.3 is 6.03 Å². The number of aromatic nitrogens is 1. The largest absolute Gasteiger partial charge is 0.324 e. The fraction of sp³-hybridized carbons (Fsp3) is 0.552. The SMILES string of the molecule is Cc1cnccc1NC(=O)CN1C[C@]2(CC[C@](c3ccccc3)(N(C)C)CC2)N(CC2CCC2)C1=O. The number of hydrogen-bond acceptors (Lipinski definition) is 4. The minimum absolute atomic E-state index is 0.0264. The topological polar surface area (TPSA) is 68.8 Å². The first-order valence-electron chi connectivity index (χ1n) is 13.3. The first kappa shape index (κ1) is 24.8. The Labute approximate surface area is 214 Å². The molecule has 1 N–H and O–H groups in total. The van der Waals surface area contributed by atoms with E-state index in [9.17, 15) is 9.59 Å². The quantitative estimate of drug-likeness (QED) is 0.615. The second kappa shape index (κ2) is 9.85. The van der Waals surface area contributed by atoms with Crippen LogP contribution in [0.4, 0.5) is 10.5 Å². The average molecular weight is 490 g/mol. The highest BCUT2D eigenvalue weighted by atomic mass is 16.2. The molecule has 192 valence electrons. The third-order valence-corrected chi connectivity index (χ3v) is 9.03. The molecule has 3 aliphatic rings. The predicted octanol–water partition coefficient (Wildman–Crippen LogP) is 4.64. The van der Waals surface area contributed by atoms with Gasteiger partial charge in [0.2, 0.25) is 5.91 Å². The van der Waals surface area contributed by atoms with Crippen molar-refractivity contribution in [2.75, 3.05) is 39.0 Å². The van der Waals surface area contributed by atoms with Crippen LogP contribution in [0.2, 0.25) is 0 Å². The zero-order valence-corrected chi connectivity index (χ0v) is 21.9. The van der Waals surface area contributed by atoms with E-state index in [0.717, 1.165) is 43.5 Å². The standard InChI is InChI=1S/C29H39N5O2/c1-22-18-30-17-12-25(22)31-26(35)20-33-21-28(34(27(33)36)19-23-8-7-9-23)13-15-29(16-14-28,32(2)3)24-10-5-4-6-11-24/h4-6,10-12,17-18,23H,7-9,13-16,19-21H2,1-3H3,(H,30,31,35)/t28-,29+. The van der Waals surface area contributed by atoms with E-state index in [1.807, 2.05) is 6.92 Å². The maximum Gasteiger partial charge on any atom is 0.321 e. The zero-order valence-electron chi connectivity index (χ0n) is 21.9. The zero-order chi connectivity index (χ0) is 25.3. The Hall–Kier alpha value is -2.93. The van der Waals surface area contributed by atoms with Gasteiger partial charge in [0, 0.05) is 36.7 Å². The first-order chi connectivity index (χ1) is 17.3. The number of pyridine rings is 1. The Morgan fingerprint density at radius 3 is 2.44 bits per heavy atom. The van der Waals surface area contributed by atoms with Gasteiger partial charge in [-0.05, 0) is 82.7 Å². The fourth-order valence-electron chi connectivity index (χ4n) is 6.49. The van der Waals surface area contributed by atoms with Crippen molar-refractivity contribution >= 4 is 17.6 Å². The van der Waals surface area contributed by atoms with Crippen LogP contribution in [0.1, 0.15) is 56.1 Å². The van der Waals surface area contributed by atoms with Gasteiger partial charge < -0.3 is 15.1 Å². The van der Waals surface area contributed by atoms with Crippen LogP contribution in [0, 0.1) is 12.8 Å². The van der Waals surface area contributed by atoms with E-state index in [-0.39, 0.29) is 29.6 Å². The molecule has 0 atom stereocenters. The Kier molecular flexibility index (Phi) is 6.77. The minimum atomic E-state index is -0.201. The molecule has 0 bridgehead atoms. The molecule has 1 spiro atoms. The van der Waals surface area contributed by atoms with E-state index in [4.69, 9.17) is 0 Å². The molecule has 0 radical (unpaired) electrons. The van der Waals surface area contributed by atoms with Crippen molar-refractivity contribution in [1.29, 1.82) is 0 Å². The van der Waals surface area contributed by atoms with E-state index < -0.39 is 0 Å². The Bertz CT molecular complexity index is 1090. The molecule has 7 heteroatoms. The predicted molar refractivity (Wildman–Crippen MR) is 142 cm³/mol. The summed E-state index contributed by atoms with van der Waals surface area (Å²) in [5, 5.41) is 2.98. The van der Waals surface area contributed by atoms with Gasteiger partial charge in [-0.3, -0.25) is 14.7 Å². The normalized spacial score (nSPS) is 26.5. The van der Waals surface area contributed by atoms with Crippen LogP contribution in [0.5, 0.6) is 0 Å². The van der Waals surface area contributed by atoms with Gasteiger partial charge in [-0.15, -0.1) is 0 Å². The van der Waals surface area contributed by atoms with E-state index in [0.29, 0.717) is 12.5 Å². The number of aryl methyl sites for hydroxylation is 1. The van der Waals surface area contributed by atoms with Gasteiger partial charge in [-0.2, -0.15) is 0 Å². The van der Waals surface area contributed by atoms with Gasteiger partial charge in [0.15, 0.2) is 0 Å². The average Bonchev–Trinajstić information content (AvgIpc) is 3.08. The van der Waals surface area contributed by atoms with Crippen molar-refractivity contribution in [3.05, 3.63) is 59.9 Å². The van der Waals surface area contributed by atoms with Crippen LogP contribution < -0.4 is 5.32 Å². The minimum Gasteiger partial charge on any atom is -0.324 e. The molecule has 2 saturated carbocycles. The summed E-state index contributed by atoms with van der Waals surface area (Å²) < 4.78 is 0. The van der Waals surface area contributed by atoms with Crippen molar-refractivity contribution in [1.82, 2.24) is 19.7 Å². The molecule has 2 heterocycles. The molecule has 36 heavy (non-hydrogen) atoms. The first-order valence-corrected chi connectivity index (χ1v) is 13.3. The van der Waals surface area contributed by atoms with E-state index in [2.05, 4.69) is 64.5 Å². The van der Waals surface area contributed by atoms with Crippen LogP contribution >= 0.6 is 0 Å². The number of nitrogens with zero attached hydrogens (tertiary/aromatic N) is 4. The number of carbonyl (C=O) groups is 2. The number of amides is 3. The number of benzene rings is 1. The molecule has 1 aliphatic heterocycles. The monoisotopic (exact) mass is 489 g/mol. The smallest absolute Gasteiger partial charge is 0.321 e. The molecule has 0 unspecified atom stereocenters. The molecule has 3 fully saturated rings. The van der Waals surface area contributed by atoms with E-state index in [1.165, 1.54) is 24.8 Å². The summed E-state index contributed by atoms with van der Waals surface area (Å²) in [5.74, 6) is 0.440. The lowest BCUT2D eigenvalue weighted by Gasteiger charge is -2.51. The fourth-order valence-corrected chi connectivity index (χ4v) is 6.49. The highest BCUT2D eigenvalue weighted by Crippen LogP contribution is 2.49. The molecular weight excluding hydrogens is 450 g/mol. The lowest BCUT2D eigenvalue weighted by molar-refractivity contribution is -0.116. The summed E-state index contributed by atoms with van der Waals surface area (Å²) in [6, 6.07) is 12.6. The maximum atomic E-state index is 13.7. The summed E-state index contributed by atoms with van der Waals surface area (Å²) in [4.78, 5) is 37.1. The highest BCUT2D eigenvalue weighted by molar-refractivity contribution is 5.95. The van der Waals surface area contributed by atoms with Gasteiger partial charge in [0.05, 0.1) is 5.54 Å². The van der Waals surface area contributed by atoms with Crippen molar-refractivity contribution in [3.63, 3.8) is 0 Å². The van der Waals surface area contributed by atoms with Crippen molar-refractivity contribution in [2.24, 2.45) is 5.92 Å². The Morgan fingerprint density at radius 1 is 1.11 bits per heavy atom. The van der Waals surface area contributed by atoms with Crippen molar-refractivity contribution < 1.29 is 9.59 Å². The Morgan fingerprint density at radius 2 is 1.83 bits per heavy atom. The van der Waals surface area contributed by atoms with Crippen LogP contribution in [-0.2, 0) is 10.3 Å². The lowest BCUT2D eigenvalue weighted by atomic mass is 9.68. The van der Waals surface area contributed by atoms with Crippen LogP contribution in [0.25, 0.3) is 0 Å². The molecule has 2 aliphatic carbocycles. The molecule has 1 saturated heterocycles. The molecule has 3 amide bonds.